The molecule has 2 amide bonds. The average Bonchev–Trinajstić information content (AvgIpc) is 2.73. The molecule has 1 aliphatic heterocycles. The predicted octanol–water partition coefficient (Wildman–Crippen LogP) is 2.57. The minimum absolute atomic E-state index is 0.0137. The largest absolute Gasteiger partial charge is 0.321 e. The fraction of sp³-hybridized carbons (Fsp3) is 0.467. The first kappa shape index (κ1) is 13.4. The minimum atomic E-state index is 0.0137. The maximum absolute atomic E-state index is 12.1. The molecule has 4 heteroatoms. The molecular formula is C15H19N3O. The van der Waals surface area contributed by atoms with Crippen LogP contribution < -0.4 is 0 Å². The first-order valence-corrected chi connectivity index (χ1v) is 6.65. The van der Waals surface area contributed by atoms with Crippen molar-refractivity contribution in [3.8, 4) is 6.07 Å². The number of urea groups is 1. The van der Waals surface area contributed by atoms with Crippen LogP contribution in [0.3, 0.4) is 0 Å². The Morgan fingerprint density at radius 2 is 2.05 bits per heavy atom. The summed E-state index contributed by atoms with van der Waals surface area (Å²) in [5.41, 5.74) is 2.46. The van der Waals surface area contributed by atoms with E-state index in [9.17, 15) is 4.79 Å². The molecule has 1 aromatic rings. The minimum Gasteiger partial charge on any atom is -0.321 e. The van der Waals surface area contributed by atoms with Crippen LogP contribution in [0.2, 0.25) is 0 Å². The Labute approximate surface area is 114 Å². The zero-order valence-corrected chi connectivity index (χ0v) is 11.5. The van der Waals surface area contributed by atoms with E-state index in [4.69, 9.17) is 5.26 Å². The molecular weight excluding hydrogens is 238 g/mol. The molecule has 100 valence electrons. The Kier molecular flexibility index (Phi) is 4.06. The molecule has 0 spiro atoms. The standard InChI is InChI=1S/C15H19N3O/c1-3-12-5-7-13(8-6-12)14-11-18(10-4-9-16)15(19)17(14)2/h5-8,14H,3-4,10-11H2,1-2H3. The Morgan fingerprint density at radius 3 is 2.63 bits per heavy atom. The Morgan fingerprint density at radius 1 is 1.37 bits per heavy atom. The summed E-state index contributed by atoms with van der Waals surface area (Å²) in [5, 5.41) is 8.62. The van der Waals surface area contributed by atoms with Gasteiger partial charge < -0.3 is 9.80 Å². The smallest absolute Gasteiger partial charge is 0.320 e. The summed E-state index contributed by atoms with van der Waals surface area (Å²) in [4.78, 5) is 15.6. The molecule has 1 unspecified atom stereocenters. The summed E-state index contributed by atoms with van der Waals surface area (Å²) in [6, 6.07) is 10.6. The monoisotopic (exact) mass is 257 g/mol. The topological polar surface area (TPSA) is 47.3 Å². The number of amides is 2. The molecule has 1 saturated heterocycles. The molecule has 19 heavy (non-hydrogen) atoms. The van der Waals surface area contributed by atoms with E-state index in [0.29, 0.717) is 19.5 Å². The predicted molar refractivity (Wildman–Crippen MR) is 73.5 cm³/mol. The van der Waals surface area contributed by atoms with Crippen molar-refractivity contribution >= 4 is 6.03 Å². The van der Waals surface area contributed by atoms with Crippen molar-refractivity contribution in [2.75, 3.05) is 20.1 Å². The van der Waals surface area contributed by atoms with Gasteiger partial charge in [-0.25, -0.2) is 4.79 Å². The molecule has 1 aromatic carbocycles. The van der Waals surface area contributed by atoms with Crippen LogP contribution in [0, 0.1) is 11.3 Å². The lowest BCUT2D eigenvalue weighted by molar-refractivity contribution is 0.196. The van der Waals surface area contributed by atoms with E-state index in [1.165, 1.54) is 5.56 Å². The molecule has 1 fully saturated rings. The van der Waals surface area contributed by atoms with Crippen LogP contribution in [0.4, 0.5) is 4.79 Å². The van der Waals surface area contributed by atoms with Gasteiger partial charge in [0.15, 0.2) is 0 Å². The third-order valence-electron chi connectivity index (χ3n) is 3.70. The molecule has 4 nitrogen and oxygen atoms in total. The molecule has 2 rings (SSSR count). The Bertz CT molecular complexity index is 489. The van der Waals surface area contributed by atoms with Crippen molar-refractivity contribution < 1.29 is 4.79 Å². The number of carbonyl (C=O) groups excluding carboxylic acids is 1. The summed E-state index contributed by atoms with van der Waals surface area (Å²) in [6.07, 6.45) is 1.41. The van der Waals surface area contributed by atoms with Crippen molar-refractivity contribution in [2.24, 2.45) is 0 Å². The molecule has 1 heterocycles. The van der Waals surface area contributed by atoms with Crippen LogP contribution in [-0.4, -0.2) is 36.0 Å². The second-order valence-electron chi connectivity index (χ2n) is 4.86. The zero-order chi connectivity index (χ0) is 13.8. The van der Waals surface area contributed by atoms with Crippen LogP contribution in [-0.2, 0) is 6.42 Å². The number of rotatable bonds is 4. The van der Waals surface area contributed by atoms with Gasteiger partial charge in [-0.05, 0) is 17.5 Å². The van der Waals surface area contributed by atoms with E-state index in [0.717, 1.165) is 12.0 Å². The summed E-state index contributed by atoms with van der Waals surface area (Å²) in [5.74, 6) is 0. The molecule has 1 aliphatic rings. The normalized spacial score (nSPS) is 18.8. The number of hydrogen-bond acceptors (Lipinski definition) is 2. The first-order chi connectivity index (χ1) is 9.17. The number of benzene rings is 1. The van der Waals surface area contributed by atoms with Gasteiger partial charge >= 0.3 is 6.03 Å². The number of likely N-dealkylation sites (N-methyl/N-ethyl adjacent to an activating group) is 1. The second-order valence-corrected chi connectivity index (χ2v) is 4.86. The van der Waals surface area contributed by atoms with E-state index in [-0.39, 0.29) is 12.1 Å². The van der Waals surface area contributed by atoms with E-state index in [1.54, 1.807) is 9.80 Å². The van der Waals surface area contributed by atoms with Gasteiger partial charge in [0.25, 0.3) is 0 Å². The Balaban J connectivity index is 2.12. The van der Waals surface area contributed by atoms with Gasteiger partial charge in [0.2, 0.25) is 0 Å². The van der Waals surface area contributed by atoms with Crippen molar-refractivity contribution in [1.29, 1.82) is 5.26 Å². The SMILES string of the molecule is CCc1ccc(C2CN(CCC#N)C(=O)N2C)cc1. The third-order valence-corrected chi connectivity index (χ3v) is 3.70. The fourth-order valence-electron chi connectivity index (χ4n) is 2.44. The number of nitrogens with zero attached hydrogens (tertiary/aromatic N) is 3. The van der Waals surface area contributed by atoms with Gasteiger partial charge in [-0.1, -0.05) is 31.2 Å². The summed E-state index contributed by atoms with van der Waals surface area (Å²) in [6.45, 7) is 3.32. The van der Waals surface area contributed by atoms with Crippen LogP contribution in [0.15, 0.2) is 24.3 Å². The summed E-state index contributed by atoms with van der Waals surface area (Å²) in [7, 11) is 1.83. The van der Waals surface area contributed by atoms with Crippen LogP contribution in [0.1, 0.15) is 30.5 Å². The highest BCUT2D eigenvalue weighted by atomic mass is 16.2. The number of hydrogen-bond donors (Lipinski definition) is 0. The maximum atomic E-state index is 12.1. The number of nitriles is 1. The van der Waals surface area contributed by atoms with Crippen molar-refractivity contribution in [3.05, 3.63) is 35.4 Å². The first-order valence-electron chi connectivity index (χ1n) is 6.65. The van der Waals surface area contributed by atoms with Crippen molar-refractivity contribution in [2.45, 2.75) is 25.8 Å². The van der Waals surface area contributed by atoms with Gasteiger partial charge in [0, 0.05) is 20.1 Å². The third kappa shape index (κ3) is 2.70. The molecule has 0 bridgehead atoms. The van der Waals surface area contributed by atoms with Gasteiger partial charge in [0.1, 0.15) is 0 Å². The highest BCUT2D eigenvalue weighted by Gasteiger charge is 2.34. The lowest BCUT2D eigenvalue weighted by Gasteiger charge is -2.18. The summed E-state index contributed by atoms with van der Waals surface area (Å²) >= 11 is 0. The molecule has 0 N–H and O–H groups in total. The van der Waals surface area contributed by atoms with Gasteiger partial charge in [-0.15, -0.1) is 0 Å². The molecule has 1 atom stereocenters. The number of aryl methyl sites for hydroxylation is 1. The van der Waals surface area contributed by atoms with Crippen LogP contribution >= 0.6 is 0 Å². The van der Waals surface area contributed by atoms with Gasteiger partial charge in [0.05, 0.1) is 18.5 Å². The molecule has 0 aliphatic carbocycles. The summed E-state index contributed by atoms with van der Waals surface area (Å²) < 4.78 is 0. The van der Waals surface area contributed by atoms with Crippen molar-refractivity contribution in [1.82, 2.24) is 9.80 Å². The quantitative estimate of drug-likeness (QED) is 0.832. The zero-order valence-electron chi connectivity index (χ0n) is 11.5. The van der Waals surface area contributed by atoms with E-state index < -0.39 is 0 Å². The van der Waals surface area contributed by atoms with Crippen molar-refractivity contribution in [3.63, 3.8) is 0 Å². The maximum Gasteiger partial charge on any atom is 0.320 e. The van der Waals surface area contributed by atoms with E-state index in [2.05, 4.69) is 37.3 Å². The van der Waals surface area contributed by atoms with E-state index >= 15 is 0 Å². The van der Waals surface area contributed by atoms with Crippen LogP contribution in [0.25, 0.3) is 0 Å². The second kappa shape index (κ2) is 5.75. The lowest BCUT2D eigenvalue weighted by atomic mass is 10.0. The highest BCUT2D eigenvalue weighted by molar-refractivity contribution is 5.77. The fourth-order valence-corrected chi connectivity index (χ4v) is 2.44. The Hall–Kier alpha value is -2.02. The van der Waals surface area contributed by atoms with Gasteiger partial charge in [-0.3, -0.25) is 0 Å². The molecule has 0 aromatic heterocycles. The van der Waals surface area contributed by atoms with Gasteiger partial charge in [-0.2, -0.15) is 5.26 Å². The van der Waals surface area contributed by atoms with Crippen LogP contribution in [0.5, 0.6) is 0 Å². The number of carbonyl (C=O) groups is 1. The average molecular weight is 257 g/mol. The highest BCUT2D eigenvalue weighted by Crippen LogP contribution is 2.28. The van der Waals surface area contributed by atoms with E-state index in [1.807, 2.05) is 7.05 Å². The molecule has 0 radical (unpaired) electrons. The molecule has 0 saturated carbocycles. The lowest BCUT2D eigenvalue weighted by Crippen LogP contribution is -2.30.